The maximum Gasteiger partial charge on any atom is 0.104 e. The summed E-state index contributed by atoms with van der Waals surface area (Å²) >= 11 is 15.9. The van der Waals surface area contributed by atoms with E-state index in [9.17, 15) is 0 Å². The molecular weight excluding hydrogens is 154 g/mol. The zero-order chi connectivity index (χ0) is 5.86. The summed E-state index contributed by atoms with van der Waals surface area (Å²) in [7, 11) is 0. The van der Waals surface area contributed by atoms with Crippen LogP contribution in [0.15, 0.2) is 10.6 Å². The molecule has 0 N–H and O–H groups in total. The first kappa shape index (κ1) is 7.61. The fourth-order valence-corrected chi connectivity index (χ4v) is 0.807. The summed E-state index contributed by atoms with van der Waals surface area (Å²) in [5, 5.41) is -0.0787. The van der Waals surface area contributed by atoms with Gasteiger partial charge in [0, 0.05) is 0 Å². The first-order valence-corrected chi connectivity index (χ1v) is 2.99. The molecule has 0 aromatic carbocycles. The zero-order valence-electron chi connectivity index (χ0n) is 3.79. The molecule has 0 aliphatic rings. The Kier molecular flexibility index (Phi) is 3.91. The molecule has 0 rings (SSSR count). The van der Waals surface area contributed by atoms with Crippen molar-refractivity contribution in [2.24, 2.45) is 0 Å². The van der Waals surface area contributed by atoms with Crippen LogP contribution in [0.25, 0.3) is 0 Å². The highest BCUT2D eigenvalue weighted by Crippen LogP contribution is 2.09. The zero-order valence-corrected chi connectivity index (χ0v) is 6.06. The fourth-order valence-electron chi connectivity index (χ4n) is 0.174. The second-order valence-electron chi connectivity index (χ2n) is 1.13. The van der Waals surface area contributed by atoms with Crippen LogP contribution in [0.1, 0.15) is 6.92 Å². The summed E-state index contributed by atoms with van der Waals surface area (Å²) in [6.07, 6.45) is 1.55. The molecule has 0 aliphatic carbocycles. The molecule has 7 heavy (non-hydrogen) atoms. The lowest BCUT2D eigenvalue weighted by Gasteiger charge is -1.87. The minimum atomic E-state index is -0.0787. The third kappa shape index (κ3) is 6.61. The Labute approximate surface area is 58.1 Å². The molecule has 1 unspecified atom stereocenters. The van der Waals surface area contributed by atoms with Crippen molar-refractivity contribution in [3.8, 4) is 0 Å². The highest BCUT2D eigenvalue weighted by Gasteiger charge is 1.88. The van der Waals surface area contributed by atoms with Crippen molar-refractivity contribution in [1.29, 1.82) is 0 Å². The Hall–Kier alpha value is 0.610. The summed E-state index contributed by atoms with van der Waals surface area (Å²) < 4.78 is 0.225. The van der Waals surface area contributed by atoms with E-state index >= 15 is 0 Å². The van der Waals surface area contributed by atoms with Crippen molar-refractivity contribution in [3.63, 3.8) is 0 Å². The number of hydrogen-bond acceptors (Lipinski definition) is 0. The van der Waals surface area contributed by atoms with Gasteiger partial charge in [0.25, 0.3) is 0 Å². The van der Waals surface area contributed by atoms with Gasteiger partial charge in [0.1, 0.15) is 4.49 Å². The lowest BCUT2D eigenvalue weighted by molar-refractivity contribution is 1.23. The minimum absolute atomic E-state index is 0.0787. The molecule has 0 fully saturated rings. The highest BCUT2D eigenvalue weighted by molar-refractivity contribution is 6.56. The Morgan fingerprint density at radius 3 is 2.00 bits per heavy atom. The molecule has 0 bridgehead atoms. The monoisotopic (exact) mass is 158 g/mol. The van der Waals surface area contributed by atoms with Gasteiger partial charge >= 0.3 is 0 Å². The van der Waals surface area contributed by atoms with Crippen LogP contribution in [0.5, 0.6) is 0 Å². The Bertz CT molecular complexity index is 71.0. The van der Waals surface area contributed by atoms with Gasteiger partial charge in [0.05, 0.1) is 5.38 Å². The van der Waals surface area contributed by atoms with Crippen LogP contribution in [0.3, 0.4) is 0 Å². The molecule has 0 aliphatic heterocycles. The van der Waals surface area contributed by atoms with Crippen LogP contribution >= 0.6 is 34.8 Å². The van der Waals surface area contributed by atoms with Crippen molar-refractivity contribution in [3.05, 3.63) is 10.6 Å². The fraction of sp³-hybridized carbons (Fsp3) is 0.500. The first-order valence-electron chi connectivity index (χ1n) is 1.80. The van der Waals surface area contributed by atoms with Gasteiger partial charge in [-0.1, -0.05) is 23.2 Å². The van der Waals surface area contributed by atoms with E-state index in [1.165, 1.54) is 0 Å². The summed E-state index contributed by atoms with van der Waals surface area (Å²) in [6, 6.07) is 0. The van der Waals surface area contributed by atoms with Crippen LogP contribution in [-0.2, 0) is 0 Å². The molecule has 3 heteroatoms. The van der Waals surface area contributed by atoms with Crippen molar-refractivity contribution in [2.45, 2.75) is 12.3 Å². The van der Waals surface area contributed by atoms with E-state index in [0.29, 0.717) is 0 Å². The minimum Gasteiger partial charge on any atom is -0.119 e. The van der Waals surface area contributed by atoms with Crippen LogP contribution < -0.4 is 0 Å². The molecule has 0 heterocycles. The van der Waals surface area contributed by atoms with Gasteiger partial charge in [-0.15, -0.1) is 11.6 Å². The molecule has 0 saturated carbocycles. The van der Waals surface area contributed by atoms with Crippen LogP contribution in [-0.4, -0.2) is 5.38 Å². The molecule has 0 radical (unpaired) electrons. The van der Waals surface area contributed by atoms with Gasteiger partial charge in [-0.3, -0.25) is 0 Å². The summed E-state index contributed by atoms with van der Waals surface area (Å²) in [5.41, 5.74) is 0. The van der Waals surface area contributed by atoms with E-state index in [0.717, 1.165) is 0 Å². The Balaban J connectivity index is 3.45. The predicted molar refractivity (Wildman–Crippen MR) is 35.1 cm³/mol. The largest absolute Gasteiger partial charge is 0.119 e. The summed E-state index contributed by atoms with van der Waals surface area (Å²) in [5.74, 6) is 0. The molecule has 0 nitrogen and oxygen atoms in total. The molecule has 0 amide bonds. The average molecular weight is 159 g/mol. The molecule has 0 spiro atoms. The lowest BCUT2D eigenvalue weighted by Crippen LogP contribution is -1.79. The Morgan fingerprint density at radius 1 is 1.57 bits per heavy atom. The van der Waals surface area contributed by atoms with Crippen molar-refractivity contribution < 1.29 is 0 Å². The van der Waals surface area contributed by atoms with Gasteiger partial charge in [-0.25, -0.2) is 0 Å². The SMILES string of the molecule is CC(Cl)C=C(Cl)Cl. The van der Waals surface area contributed by atoms with Crippen LogP contribution in [0.2, 0.25) is 0 Å². The van der Waals surface area contributed by atoms with Crippen molar-refractivity contribution in [1.82, 2.24) is 0 Å². The van der Waals surface area contributed by atoms with Gasteiger partial charge in [-0.05, 0) is 13.0 Å². The van der Waals surface area contributed by atoms with Crippen LogP contribution in [0.4, 0.5) is 0 Å². The van der Waals surface area contributed by atoms with E-state index in [-0.39, 0.29) is 9.87 Å². The summed E-state index contributed by atoms with van der Waals surface area (Å²) in [4.78, 5) is 0. The van der Waals surface area contributed by atoms with Crippen molar-refractivity contribution >= 4 is 34.8 Å². The average Bonchev–Trinajstić information content (AvgIpc) is 1.27. The quantitative estimate of drug-likeness (QED) is 0.516. The predicted octanol–water partition coefficient (Wildman–Crippen LogP) is 2.93. The maximum absolute atomic E-state index is 5.43. The maximum atomic E-state index is 5.43. The van der Waals surface area contributed by atoms with Gasteiger partial charge < -0.3 is 0 Å². The molecule has 42 valence electrons. The number of allylic oxidation sites excluding steroid dienone is 1. The lowest BCUT2D eigenvalue weighted by atomic mass is 10.5. The topological polar surface area (TPSA) is 0 Å². The van der Waals surface area contributed by atoms with E-state index < -0.39 is 0 Å². The third-order valence-corrected chi connectivity index (χ3v) is 0.734. The highest BCUT2D eigenvalue weighted by atomic mass is 35.5. The van der Waals surface area contributed by atoms with Gasteiger partial charge in [0.2, 0.25) is 0 Å². The van der Waals surface area contributed by atoms with Crippen LogP contribution in [0, 0.1) is 0 Å². The van der Waals surface area contributed by atoms with E-state index in [1.54, 1.807) is 13.0 Å². The van der Waals surface area contributed by atoms with E-state index in [4.69, 9.17) is 34.8 Å². The number of hydrogen-bond donors (Lipinski definition) is 0. The Morgan fingerprint density at radius 2 is 2.00 bits per heavy atom. The molecule has 0 aromatic heterocycles. The first-order chi connectivity index (χ1) is 3.13. The summed E-state index contributed by atoms with van der Waals surface area (Å²) in [6.45, 7) is 1.78. The number of rotatable bonds is 1. The smallest absolute Gasteiger partial charge is 0.104 e. The molecule has 0 aromatic rings. The normalized spacial score (nSPS) is 13.1. The van der Waals surface area contributed by atoms with E-state index in [1.807, 2.05) is 0 Å². The third-order valence-electron chi connectivity index (χ3n) is 0.356. The molecular formula is C4H5Cl3. The second-order valence-corrected chi connectivity index (χ2v) is 2.83. The van der Waals surface area contributed by atoms with E-state index in [2.05, 4.69) is 0 Å². The molecule has 0 saturated heterocycles. The van der Waals surface area contributed by atoms with Gasteiger partial charge in [0.15, 0.2) is 0 Å². The second kappa shape index (κ2) is 3.59. The standard InChI is InChI=1S/C4H5Cl3/c1-3(5)2-4(6)7/h2-3H,1H3. The van der Waals surface area contributed by atoms with Gasteiger partial charge in [-0.2, -0.15) is 0 Å². The number of alkyl halides is 1. The number of halogens is 3. The molecule has 1 atom stereocenters. The van der Waals surface area contributed by atoms with Crippen molar-refractivity contribution in [2.75, 3.05) is 0 Å².